The van der Waals surface area contributed by atoms with Crippen molar-refractivity contribution in [1.82, 2.24) is 10.9 Å². The molecule has 1 aliphatic carbocycles. The molecule has 3 aromatic rings. The second kappa shape index (κ2) is 7.56. The van der Waals surface area contributed by atoms with E-state index in [9.17, 15) is 9.59 Å². The summed E-state index contributed by atoms with van der Waals surface area (Å²) in [6.07, 6.45) is 0.703. The second-order valence-corrected chi connectivity index (χ2v) is 6.89. The highest BCUT2D eigenvalue weighted by Gasteiger charge is 2.60. The standard InChI is InChI=1S/C23H21N3O2/c27-21(25-26-22(28)24-19-14-8-3-9-15-19)20-16-23(20,17-10-4-1-5-11-17)18-12-6-2-7-13-18/h1-15,20H,16H2,(H,25,27)(H2,24,26,28). The Morgan fingerprint density at radius 1 is 0.714 bits per heavy atom. The number of anilines is 1. The summed E-state index contributed by atoms with van der Waals surface area (Å²) in [6, 6.07) is 28.7. The molecule has 3 amide bonds. The van der Waals surface area contributed by atoms with Crippen LogP contribution in [0, 0.1) is 5.92 Å². The van der Waals surface area contributed by atoms with Crippen LogP contribution in [0.25, 0.3) is 0 Å². The fourth-order valence-corrected chi connectivity index (χ4v) is 3.74. The Bertz CT molecular complexity index is 919. The van der Waals surface area contributed by atoms with E-state index in [1.54, 1.807) is 12.1 Å². The molecule has 140 valence electrons. The van der Waals surface area contributed by atoms with E-state index in [-0.39, 0.29) is 17.2 Å². The van der Waals surface area contributed by atoms with Gasteiger partial charge in [-0.2, -0.15) is 0 Å². The minimum absolute atomic E-state index is 0.198. The van der Waals surface area contributed by atoms with Crippen molar-refractivity contribution in [3.63, 3.8) is 0 Å². The molecule has 4 rings (SSSR count). The molecule has 1 fully saturated rings. The monoisotopic (exact) mass is 371 g/mol. The van der Waals surface area contributed by atoms with E-state index in [2.05, 4.69) is 40.4 Å². The van der Waals surface area contributed by atoms with Crippen molar-refractivity contribution < 1.29 is 9.59 Å². The Hall–Kier alpha value is -3.60. The van der Waals surface area contributed by atoms with E-state index >= 15 is 0 Å². The van der Waals surface area contributed by atoms with E-state index in [4.69, 9.17) is 0 Å². The van der Waals surface area contributed by atoms with Crippen LogP contribution in [0.4, 0.5) is 10.5 Å². The number of benzene rings is 3. The topological polar surface area (TPSA) is 70.2 Å². The molecule has 28 heavy (non-hydrogen) atoms. The quantitative estimate of drug-likeness (QED) is 0.610. The lowest BCUT2D eigenvalue weighted by Gasteiger charge is -2.19. The summed E-state index contributed by atoms with van der Waals surface area (Å²) in [5.41, 5.74) is 7.51. The van der Waals surface area contributed by atoms with Gasteiger partial charge in [0.25, 0.3) is 0 Å². The van der Waals surface area contributed by atoms with Gasteiger partial charge in [-0.15, -0.1) is 0 Å². The fraction of sp³-hybridized carbons (Fsp3) is 0.130. The molecule has 0 aliphatic heterocycles. The SMILES string of the molecule is O=C(NNC(=O)C1CC1(c1ccccc1)c1ccccc1)Nc1ccccc1. The van der Waals surface area contributed by atoms with Crippen molar-refractivity contribution in [1.29, 1.82) is 0 Å². The number of amides is 3. The van der Waals surface area contributed by atoms with Crippen LogP contribution >= 0.6 is 0 Å². The van der Waals surface area contributed by atoms with Crippen LogP contribution < -0.4 is 16.2 Å². The molecule has 3 aromatic carbocycles. The predicted octanol–water partition coefficient (Wildman–Crippen LogP) is 3.85. The average molecular weight is 371 g/mol. The van der Waals surface area contributed by atoms with Crippen LogP contribution in [-0.2, 0) is 10.2 Å². The van der Waals surface area contributed by atoms with Gasteiger partial charge in [0.15, 0.2) is 0 Å². The Morgan fingerprint density at radius 3 is 1.75 bits per heavy atom. The Labute approximate surface area is 163 Å². The lowest BCUT2D eigenvalue weighted by atomic mass is 9.85. The van der Waals surface area contributed by atoms with Gasteiger partial charge in [-0.25, -0.2) is 10.2 Å². The van der Waals surface area contributed by atoms with Crippen molar-refractivity contribution in [2.24, 2.45) is 5.92 Å². The number of hydrazine groups is 1. The van der Waals surface area contributed by atoms with E-state index in [1.165, 1.54) is 0 Å². The molecular weight excluding hydrogens is 350 g/mol. The van der Waals surface area contributed by atoms with Crippen molar-refractivity contribution in [2.45, 2.75) is 11.8 Å². The van der Waals surface area contributed by atoms with Crippen LogP contribution in [0.15, 0.2) is 91.0 Å². The van der Waals surface area contributed by atoms with Gasteiger partial charge in [0.2, 0.25) is 5.91 Å². The summed E-state index contributed by atoms with van der Waals surface area (Å²) in [4.78, 5) is 24.8. The maximum Gasteiger partial charge on any atom is 0.337 e. The van der Waals surface area contributed by atoms with Gasteiger partial charge in [-0.3, -0.25) is 10.2 Å². The number of hydrogen-bond acceptors (Lipinski definition) is 2. The van der Waals surface area contributed by atoms with E-state index in [0.717, 1.165) is 11.1 Å². The van der Waals surface area contributed by atoms with Crippen molar-refractivity contribution in [3.05, 3.63) is 102 Å². The first-order valence-electron chi connectivity index (χ1n) is 9.23. The van der Waals surface area contributed by atoms with E-state index in [0.29, 0.717) is 12.1 Å². The highest BCUT2D eigenvalue weighted by molar-refractivity contribution is 5.92. The fourth-order valence-electron chi connectivity index (χ4n) is 3.74. The normalized spacial score (nSPS) is 16.6. The zero-order chi connectivity index (χ0) is 19.4. The highest BCUT2D eigenvalue weighted by Crippen LogP contribution is 2.58. The van der Waals surface area contributed by atoms with Crippen LogP contribution in [0.2, 0.25) is 0 Å². The Kier molecular flexibility index (Phi) is 4.81. The molecule has 0 saturated heterocycles. The van der Waals surface area contributed by atoms with Gasteiger partial charge in [0.05, 0.1) is 5.92 Å². The number of carbonyl (C=O) groups is 2. The zero-order valence-electron chi connectivity index (χ0n) is 15.3. The van der Waals surface area contributed by atoms with Gasteiger partial charge in [-0.05, 0) is 29.7 Å². The molecule has 1 unspecified atom stereocenters. The second-order valence-electron chi connectivity index (χ2n) is 6.89. The molecule has 0 radical (unpaired) electrons. The smallest absolute Gasteiger partial charge is 0.307 e. The molecule has 1 aliphatic rings. The molecule has 1 atom stereocenters. The maximum absolute atomic E-state index is 12.8. The number of hydrogen-bond donors (Lipinski definition) is 3. The molecule has 0 bridgehead atoms. The number of urea groups is 1. The summed E-state index contributed by atoms with van der Waals surface area (Å²) >= 11 is 0. The first-order valence-corrected chi connectivity index (χ1v) is 9.23. The molecular formula is C23H21N3O2. The summed E-state index contributed by atoms with van der Waals surface area (Å²) in [5, 5.41) is 2.68. The number of para-hydroxylation sites is 1. The minimum Gasteiger partial charge on any atom is -0.307 e. The van der Waals surface area contributed by atoms with Crippen molar-refractivity contribution >= 4 is 17.6 Å². The van der Waals surface area contributed by atoms with Crippen LogP contribution in [0.1, 0.15) is 17.5 Å². The number of carbonyl (C=O) groups excluding carboxylic acids is 2. The predicted molar refractivity (Wildman–Crippen MR) is 109 cm³/mol. The average Bonchev–Trinajstić information content (AvgIpc) is 3.51. The number of rotatable bonds is 4. The molecule has 5 nitrogen and oxygen atoms in total. The van der Waals surface area contributed by atoms with Gasteiger partial charge in [0, 0.05) is 11.1 Å². The highest BCUT2D eigenvalue weighted by atomic mass is 16.2. The third kappa shape index (κ3) is 3.47. The van der Waals surface area contributed by atoms with Gasteiger partial charge in [0.1, 0.15) is 0 Å². The van der Waals surface area contributed by atoms with Gasteiger partial charge >= 0.3 is 6.03 Å². The minimum atomic E-state index is -0.481. The first-order chi connectivity index (χ1) is 13.7. The van der Waals surface area contributed by atoms with E-state index in [1.807, 2.05) is 54.6 Å². The summed E-state index contributed by atoms with van der Waals surface area (Å²) in [5.74, 6) is -0.440. The summed E-state index contributed by atoms with van der Waals surface area (Å²) in [7, 11) is 0. The zero-order valence-corrected chi connectivity index (χ0v) is 15.3. The van der Waals surface area contributed by atoms with Gasteiger partial charge in [-0.1, -0.05) is 78.9 Å². The third-order valence-corrected chi connectivity index (χ3v) is 5.19. The molecule has 0 heterocycles. The van der Waals surface area contributed by atoms with Crippen molar-refractivity contribution in [3.8, 4) is 0 Å². The molecule has 3 N–H and O–H groups in total. The van der Waals surface area contributed by atoms with Crippen LogP contribution in [-0.4, -0.2) is 11.9 Å². The molecule has 0 spiro atoms. The Balaban J connectivity index is 1.45. The number of nitrogens with one attached hydrogen (secondary N) is 3. The maximum atomic E-state index is 12.8. The molecule has 0 aromatic heterocycles. The van der Waals surface area contributed by atoms with Crippen LogP contribution in [0.3, 0.4) is 0 Å². The van der Waals surface area contributed by atoms with Crippen LogP contribution in [0.5, 0.6) is 0 Å². The largest absolute Gasteiger partial charge is 0.337 e. The lowest BCUT2D eigenvalue weighted by Crippen LogP contribution is -2.45. The molecule has 1 saturated carbocycles. The summed E-state index contributed by atoms with van der Waals surface area (Å²) < 4.78 is 0. The van der Waals surface area contributed by atoms with E-state index < -0.39 is 6.03 Å². The lowest BCUT2D eigenvalue weighted by molar-refractivity contribution is -0.123. The van der Waals surface area contributed by atoms with Crippen molar-refractivity contribution in [2.75, 3.05) is 5.32 Å². The summed E-state index contributed by atoms with van der Waals surface area (Å²) in [6.45, 7) is 0. The third-order valence-electron chi connectivity index (χ3n) is 5.19. The van der Waals surface area contributed by atoms with Gasteiger partial charge < -0.3 is 5.32 Å². The Morgan fingerprint density at radius 2 is 1.21 bits per heavy atom. The molecule has 5 heteroatoms. The first kappa shape index (κ1) is 17.8.